The largest absolute Gasteiger partial charge is 0.493 e. The SMILES string of the molecule is COc1cc(/C=N\NC(=O)c2ccco2)cc(Cl)c1OCc1ccc(Cl)cc1Cl. The van der Waals surface area contributed by atoms with E-state index in [1.165, 1.54) is 25.7 Å². The van der Waals surface area contributed by atoms with Crippen LogP contribution in [0, 0.1) is 0 Å². The van der Waals surface area contributed by atoms with E-state index in [4.69, 9.17) is 48.7 Å². The first-order valence-electron chi connectivity index (χ1n) is 8.29. The van der Waals surface area contributed by atoms with E-state index in [9.17, 15) is 4.79 Å². The van der Waals surface area contributed by atoms with Crippen molar-refractivity contribution in [1.82, 2.24) is 5.43 Å². The minimum absolute atomic E-state index is 0.155. The van der Waals surface area contributed by atoms with Gasteiger partial charge >= 0.3 is 5.91 Å². The number of methoxy groups -OCH3 is 1. The van der Waals surface area contributed by atoms with Gasteiger partial charge in [-0.2, -0.15) is 5.10 Å². The summed E-state index contributed by atoms with van der Waals surface area (Å²) in [6, 6.07) is 11.6. The number of furan rings is 1. The quantitative estimate of drug-likeness (QED) is 0.374. The molecule has 0 aliphatic rings. The first kappa shape index (κ1) is 21.0. The maximum Gasteiger partial charge on any atom is 0.307 e. The molecule has 0 radical (unpaired) electrons. The minimum atomic E-state index is -0.468. The maximum atomic E-state index is 11.8. The van der Waals surface area contributed by atoms with Crippen LogP contribution in [0.1, 0.15) is 21.7 Å². The molecule has 0 spiro atoms. The molecule has 6 nitrogen and oxygen atoms in total. The Hall–Kier alpha value is -2.67. The number of ether oxygens (including phenoxy) is 2. The highest BCUT2D eigenvalue weighted by atomic mass is 35.5. The number of hydrogen-bond acceptors (Lipinski definition) is 5. The number of benzene rings is 2. The molecular formula is C20H15Cl3N2O4. The van der Waals surface area contributed by atoms with Crippen LogP contribution in [0.3, 0.4) is 0 Å². The predicted molar refractivity (Wildman–Crippen MR) is 113 cm³/mol. The van der Waals surface area contributed by atoms with Gasteiger partial charge in [0.25, 0.3) is 0 Å². The summed E-state index contributed by atoms with van der Waals surface area (Å²) in [5, 5.41) is 5.23. The van der Waals surface area contributed by atoms with E-state index in [1.54, 1.807) is 36.4 Å². The molecule has 0 fully saturated rings. The highest BCUT2D eigenvalue weighted by Crippen LogP contribution is 2.37. The fraction of sp³-hybridized carbons (Fsp3) is 0.100. The lowest BCUT2D eigenvalue weighted by atomic mass is 10.2. The van der Waals surface area contributed by atoms with Gasteiger partial charge < -0.3 is 13.9 Å². The summed E-state index contributed by atoms with van der Waals surface area (Å²) in [5.74, 6) is 0.449. The summed E-state index contributed by atoms with van der Waals surface area (Å²) < 4.78 is 16.2. The molecule has 0 aliphatic carbocycles. The van der Waals surface area contributed by atoms with Gasteiger partial charge in [-0.15, -0.1) is 0 Å². The Morgan fingerprint density at radius 2 is 2.00 bits per heavy atom. The molecule has 9 heteroatoms. The van der Waals surface area contributed by atoms with Crippen LogP contribution in [0.2, 0.25) is 15.1 Å². The lowest BCUT2D eigenvalue weighted by molar-refractivity contribution is 0.0927. The zero-order valence-electron chi connectivity index (χ0n) is 15.1. The third kappa shape index (κ3) is 5.44. The molecule has 0 bridgehead atoms. The molecule has 0 saturated carbocycles. The summed E-state index contributed by atoms with van der Waals surface area (Å²) in [4.78, 5) is 11.8. The van der Waals surface area contributed by atoms with Crippen LogP contribution in [0.15, 0.2) is 58.2 Å². The van der Waals surface area contributed by atoms with Gasteiger partial charge in [-0.3, -0.25) is 4.79 Å². The second-order valence-corrected chi connectivity index (χ2v) is 6.99. The van der Waals surface area contributed by atoms with Gasteiger partial charge in [0.05, 0.1) is 24.6 Å². The highest BCUT2D eigenvalue weighted by molar-refractivity contribution is 6.35. The highest BCUT2D eigenvalue weighted by Gasteiger charge is 2.13. The Kier molecular flexibility index (Phi) is 7.04. The lowest BCUT2D eigenvalue weighted by Crippen LogP contribution is -2.16. The number of nitrogens with zero attached hydrogens (tertiary/aromatic N) is 1. The lowest BCUT2D eigenvalue weighted by Gasteiger charge is -2.14. The Balaban J connectivity index is 1.71. The summed E-state index contributed by atoms with van der Waals surface area (Å²) in [6.07, 6.45) is 2.83. The van der Waals surface area contributed by atoms with Crippen molar-refractivity contribution in [1.29, 1.82) is 0 Å². The maximum absolute atomic E-state index is 11.8. The van der Waals surface area contributed by atoms with Crippen LogP contribution >= 0.6 is 34.8 Å². The van der Waals surface area contributed by atoms with E-state index >= 15 is 0 Å². The van der Waals surface area contributed by atoms with Crippen molar-refractivity contribution < 1.29 is 18.7 Å². The number of halogens is 3. The van der Waals surface area contributed by atoms with Crippen molar-refractivity contribution in [3.8, 4) is 11.5 Å². The second-order valence-electron chi connectivity index (χ2n) is 5.73. The van der Waals surface area contributed by atoms with Gasteiger partial charge in [-0.1, -0.05) is 40.9 Å². The van der Waals surface area contributed by atoms with Gasteiger partial charge in [0, 0.05) is 15.6 Å². The van der Waals surface area contributed by atoms with Crippen molar-refractivity contribution in [2.45, 2.75) is 6.61 Å². The van der Waals surface area contributed by atoms with Gasteiger partial charge in [0.1, 0.15) is 6.61 Å². The third-order valence-corrected chi connectivity index (χ3v) is 4.63. The fourth-order valence-corrected chi connectivity index (χ4v) is 3.11. The van der Waals surface area contributed by atoms with Gasteiger partial charge in [0.2, 0.25) is 0 Å². The molecule has 0 saturated heterocycles. The minimum Gasteiger partial charge on any atom is -0.493 e. The molecule has 1 heterocycles. The van der Waals surface area contributed by atoms with Crippen molar-refractivity contribution in [2.75, 3.05) is 7.11 Å². The van der Waals surface area contributed by atoms with E-state index in [2.05, 4.69) is 10.5 Å². The first-order valence-corrected chi connectivity index (χ1v) is 9.42. The molecule has 29 heavy (non-hydrogen) atoms. The molecule has 3 aromatic rings. The summed E-state index contributed by atoms with van der Waals surface area (Å²) in [6.45, 7) is 0.179. The van der Waals surface area contributed by atoms with E-state index < -0.39 is 5.91 Å². The Morgan fingerprint density at radius 3 is 2.69 bits per heavy atom. The number of hydrogen-bond donors (Lipinski definition) is 1. The van der Waals surface area contributed by atoms with Gasteiger partial charge in [-0.25, -0.2) is 5.43 Å². The van der Waals surface area contributed by atoms with E-state index in [0.717, 1.165) is 5.56 Å². The average Bonchev–Trinajstić information content (AvgIpc) is 3.23. The summed E-state index contributed by atoms with van der Waals surface area (Å²) in [7, 11) is 1.49. The number of carbonyl (C=O) groups excluding carboxylic acids is 1. The number of nitrogens with one attached hydrogen (secondary N) is 1. The zero-order chi connectivity index (χ0) is 20.8. The van der Waals surface area contributed by atoms with Gasteiger partial charge in [0.15, 0.2) is 17.3 Å². The molecule has 1 amide bonds. The molecule has 3 rings (SSSR count). The van der Waals surface area contributed by atoms with Gasteiger partial charge in [-0.05, 0) is 42.0 Å². The molecular weight excluding hydrogens is 439 g/mol. The topological polar surface area (TPSA) is 73.1 Å². The predicted octanol–water partition coefficient (Wildman–Crippen LogP) is 5.59. The third-order valence-electron chi connectivity index (χ3n) is 3.76. The van der Waals surface area contributed by atoms with E-state index in [1.807, 2.05) is 0 Å². The van der Waals surface area contributed by atoms with Crippen LogP contribution in [0.4, 0.5) is 0 Å². The average molecular weight is 454 g/mol. The van der Waals surface area contributed by atoms with E-state index in [-0.39, 0.29) is 12.4 Å². The number of carbonyl (C=O) groups is 1. The van der Waals surface area contributed by atoms with Crippen molar-refractivity contribution in [3.63, 3.8) is 0 Å². The summed E-state index contributed by atoms with van der Waals surface area (Å²) in [5.41, 5.74) is 3.71. The van der Waals surface area contributed by atoms with Crippen LogP contribution in [-0.4, -0.2) is 19.2 Å². The van der Waals surface area contributed by atoms with Crippen LogP contribution in [0.5, 0.6) is 11.5 Å². The Labute approximate surface area is 182 Å². The van der Waals surface area contributed by atoms with Crippen molar-refractivity contribution in [3.05, 3.63) is 80.7 Å². The molecule has 0 unspecified atom stereocenters. The first-order chi connectivity index (χ1) is 14.0. The molecule has 1 N–H and O–H groups in total. The van der Waals surface area contributed by atoms with Crippen LogP contribution in [-0.2, 0) is 6.61 Å². The zero-order valence-corrected chi connectivity index (χ0v) is 17.4. The second kappa shape index (κ2) is 9.69. The Morgan fingerprint density at radius 1 is 1.17 bits per heavy atom. The molecule has 150 valence electrons. The molecule has 2 aromatic carbocycles. The molecule has 0 atom stereocenters. The molecule has 1 aromatic heterocycles. The number of amides is 1. The van der Waals surface area contributed by atoms with Crippen LogP contribution < -0.4 is 14.9 Å². The Bertz CT molecular complexity index is 1040. The number of rotatable bonds is 7. The normalized spacial score (nSPS) is 10.9. The van der Waals surface area contributed by atoms with Crippen molar-refractivity contribution >= 4 is 46.9 Å². The fourth-order valence-electron chi connectivity index (χ4n) is 2.37. The number of hydrazone groups is 1. The standard InChI is InChI=1S/C20H15Cl3N2O4/c1-27-18-8-12(10-24-25-20(26)17-3-2-6-28-17)7-16(23)19(18)29-11-13-4-5-14(21)9-15(13)22/h2-10H,11H2,1H3,(H,25,26)/b24-10-. The van der Waals surface area contributed by atoms with E-state index in [0.29, 0.717) is 32.1 Å². The summed E-state index contributed by atoms with van der Waals surface area (Å²) >= 11 is 18.4. The molecule has 0 aliphatic heterocycles. The van der Waals surface area contributed by atoms with Crippen LogP contribution in [0.25, 0.3) is 0 Å². The smallest absolute Gasteiger partial charge is 0.307 e. The van der Waals surface area contributed by atoms with Crippen molar-refractivity contribution in [2.24, 2.45) is 5.10 Å². The monoisotopic (exact) mass is 452 g/mol.